The standard InChI is InChI=1S/C13H17BrN2O3/c14-10-1-3-11(4-2-10)19-8-13(18)16-6-9-5-15-7-12(9)17/h1-4,9,12,15,17H,5-8H2,(H,16,18). The van der Waals surface area contributed by atoms with Crippen LogP contribution in [0, 0.1) is 5.92 Å². The number of aliphatic hydroxyl groups is 1. The van der Waals surface area contributed by atoms with Gasteiger partial charge in [0.25, 0.3) is 5.91 Å². The third-order valence-corrected chi connectivity index (χ3v) is 3.58. The number of amides is 1. The molecule has 1 heterocycles. The summed E-state index contributed by atoms with van der Waals surface area (Å²) in [6.07, 6.45) is -0.382. The van der Waals surface area contributed by atoms with E-state index in [1.165, 1.54) is 0 Å². The molecule has 3 N–H and O–H groups in total. The number of nitrogens with one attached hydrogen (secondary N) is 2. The summed E-state index contributed by atoms with van der Waals surface area (Å²) in [6, 6.07) is 7.30. The Morgan fingerprint density at radius 2 is 2.16 bits per heavy atom. The van der Waals surface area contributed by atoms with E-state index in [-0.39, 0.29) is 24.5 Å². The molecule has 1 amide bonds. The molecule has 6 heteroatoms. The zero-order valence-corrected chi connectivity index (χ0v) is 12.0. The number of rotatable bonds is 5. The van der Waals surface area contributed by atoms with Crippen LogP contribution < -0.4 is 15.4 Å². The van der Waals surface area contributed by atoms with Crippen LogP contribution in [0.1, 0.15) is 0 Å². The molecule has 0 radical (unpaired) electrons. The lowest BCUT2D eigenvalue weighted by molar-refractivity contribution is -0.123. The SMILES string of the molecule is O=C(COc1ccc(Br)cc1)NCC1CNCC1O. The molecule has 1 aliphatic rings. The van der Waals surface area contributed by atoms with Gasteiger partial charge in [-0.05, 0) is 24.3 Å². The van der Waals surface area contributed by atoms with Gasteiger partial charge in [0.2, 0.25) is 0 Å². The molecule has 2 atom stereocenters. The highest BCUT2D eigenvalue weighted by atomic mass is 79.9. The molecule has 0 aromatic heterocycles. The van der Waals surface area contributed by atoms with Crippen LogP contribution in [0.3, 0.4) is 0 Å². The summed E-state index contributed by atoms with van der Waals surface area (Å²) in [6.45, 7) is 1.78. The number of hydrogen-bond acceptors (Lipinski definition) is 4. The van der Waals surface area contributed by atoms with Crippen LogP contribution in [0.15, 0.2) is 28.7 Å². The zero-order valence-electron chi connectivity index (χ0n) is 10.4. The summed E-state index contributed by atoms with van der Waals surface area (Å²) >= 11 is 3.33. The average molecular weight is 329 g/mol. The molecule has 0 saturated carbocycles. The lowest BCUT2D eigenvalue weighted by Crippen LogP contribution is -2.36. The lowest BCUT2D eigenvalue weighted by atomic mass is 10.1. The summed E-state index contributed by atoms with van der Waals surface area (Å²) in [4.78, 5) is 11.6. The fraction of sp³-hybridized carbons (Fsp3) is 0.462. The van der Waals surface area contributed by atoms with Crippen molar-refractivity contribution in [3.8, 4) is 5.75 Å². The van der Waals surface area contributed by atoms with Crippen molar-refractivity contribution in [2.75, 3.05) is 26.2 Å². The number of benzene rings is 1. The fourth-order valence-corrected chi connectivity index (χ4v) is 2.17. The van der Waals surface area contributed by atoms with E-state index in [2.05, 4.69) is 26.6 Å². The third-order valence-electron chi connectivity index (χ3n) is 3.05. The first-order valence-corrected chi connectivity index (χ1v) is 6.98. The first kappa shape index (κ1) is 14.3. The highest BCUT2D eigenvalue weighted by molar-refractivity contribution is 9.10. The molecule has 0 aliphatic carbocycles. The number of hydrogen-bond donors (Lipinski definition) is 3. The Balaban J connectivity index is 1.68. The van der Waals surface area contributed by atoms with Gasteiger partial charge in [0.15, 0.2) is 6.61 Å². The maximum Gasteiger partial charge on any atom is 0.257 e. The summed E-state index contributed by atoms with van der Waals surface area (Å²) in [5.74, 6) is 0.555. The average Bonchev–Trinajstić information content (AvgIpc) is 2.81. The molecule has 1 aromatic carbocycles. The van der Waals surface area contributed by atoms with Crippen LogP contribution in [0.25, 0.3) is 0 Å². The van der Waals surface area contributed by atoms with E-state index in [0.717, 1.165) is 11.0 Å². The van der Waals surface area contributed by atoms with Gasteiger partial charge in [0, 0.05) is 30.0 Å². The number of β-amino-alcohol motifs (C(OH)–C–C–N with tert-alkyl or cyclic N) is 1. The Labute approximate surface area is 120 Å². The molecule has 1 saturated heterocycles. The minimum atomic E-state index is -0.382. The Hall–Kier alpha value is -1.11. The van der Waals surface area contributed by atoms with Crippen molar-refractivity contribution < 1.29 is 14.6 Å². The molecule has 2 rings (SSSR count). The molecule has 0 spiro atoms. The second-order valence-electron chi connectivity index (χ2n) is 4.53. The number of carbonyl (C=O) groups is 1. The van der Waals surface area contributed by atoms with Gasteiger partial charge in [0.05, 0.1) is 6.10 Å². The van der Waals surface area contributed by atoms with Gasteiger partial charge < -0.3 is 20.5 Å². The van der Waals surface area contributed by atoms with Crippen molar-refractivity contribution in [1.82, 2.24) is 10.6 Å². The van der Waals surface area contributed by atoms with Crippen LogP contribution in [-0.2, 0) is 4.79 Å². The van der Waals surface area contributed by atoms with Gasteiger partial charge in [-0.25, -0.2) is 0 Å². The van der Waals surface area contributed by atoms with E-state index in [9.17, 15) is 9.90 Å². The summed E-state index contributed by atoms with van der Waals surface area (Å²) in [5, 5.41) is 15.4. The molecule has 104 valence electrons. The topological polar surface area (TPSA) is 70.6 Å². The fourth-order valence-electron chi connectivity index (χ4n) is 1.90. The number of ether oxygens (including phenoxy) is 1. The maximum absolute atomic E-state index is 11.6. The first-order valence-electron chi connectivity index (χ1n) is 6.19. The Kier molecular flexibility index (Phi) is 5.18. The van der Waals surface area contributed by atoms with Gasteiger partial charge in [-0.15, -0.1) is 0 Å². The van der Waals surface area contributed by atoms with E-state index in [4.69, 9.17) is 4.74 Å². The Morgan fingerprint density at radius 1 is 1.42 bits per heavy atom. The number of aliphatic hydroxyl groups excluding tert-OH is 1. The van der Waals surface area contributed by atoms with Gasteiger partial charge in [-0.2, -0.15) is 0 Å². The van der Waals surface area contributed by atoms with Crippen molar-refractivity contribution in [1.29, 1.82) is 0 Å². The van der Waals surface area contributed by atoms with Crippen LogP contribution in [0.2, 0.25) is 0 Å². The Bertz CT molecular complexity index is 424. The molecule has 19 heavy (non-hydrogen) atoms. The van der Waals surface area contributed by atoms with Crippen LogP contribution in [-0.4, -0.2) is 43.4 Å². The van der Waals surface area contributed by atoms with Crippen LogP contribution >= 0.6 is 15.9 Å². The van der Waals surface area contributed by atoms with Crippen LogP contribution in [0.5, 0.6) is 5.75 Å². The number of carbonyl (C=O) groups excluding carboxylic acids is 1. The van der Waals surface area contributed by atoms with E-state index in [1.54, 1.807) is 12.1 Å². The summed E-state index contributed by atoms with van der Waals surface area (Å²) in [7, 11) is 0. The molecule has 1 aliphatic heterocycles. The predicted octanol–water partition coefficient (Wildman–Crippen LogP) is 0.524. The van der Waals surface area contributed by atoms with E-state index in [1.807, 2.05) is 12.1 Å². The van der Waals surface area contributed by atoms with Gasteiger partial charge in [-0.1, -0.05) is 15.9 Å². The third kappa shape index (κ3) is 4.49. The highest BCUT2D eigenvalue weighted by Crippen LogP contribution is 2.15. The summed E-state index contributed by atoms with van der Waals surface area (Å²) in [5.41, 5.74) is 0. The van der Waals surface area contributed by atoms with E-state index < -0.39 is 0 Å². The van der Waals surface area contributed by atoms with Gasteiger partial charge in [0.1, 0.15) is 5.75 Å². The molecule has 1 aromatic rings. The quantitative estimate of drug-likeness (QED) is 0.737. The van der Waals surface area contributed by atoms with Crippen LogP contribution in [0.4, 0.5) is 0 Å². The second-order valence-corrected chi connectivity index (χ2v) is 5.45. The molecule has 2 unspecified atom stereocenters. The number of halogens is 1. The maximum atomic E-state index is 11.6. The normalized spacial score (nSPS) is 22.2. The monoisotopic (exact) mass is 328 g/mol. The minimum Gasteiger partial charge on any atom is -0.484 e. The minimum absolute atomic E-state index is 0.0160. The highest BCUT2D eigenvalue weighted by Gasteiger charge is 2.24. The van der Waals surface area contributed by atoms with E-state index in [0.29, 0.717) is 18.8 Å². The molecular weight excluding hydrogens is 312 g/mol. The second kappa shape index (κ2) is 6.88. The molecule has 0 bridgehead atoms. The predicted molar refractivity (Wildman–Crippen MR) is 75.0 cm³/mol. The van der Waals surface area contributed by atoms with Crippen molar-refractivity contribution in [3.63, 3.8) is 0 Å². The van der Waals surface area contributed by atoms with Crippen molar-refractivity contribution in [2.24, 2.45) is 5.92 Å². The Morgan fingerprint density at radius 3 is 2.79 bits per heavy atom. The molecular formula is C13H17BrN2O3. The summed E-state index contributed by atoms with van der Waals surface area (Å²) < 4.78 is 6.32. The van der Waals surface area contributed by atoms with E-state index >= 15 is 0 Å². The molecule has 5 nitrogen and oxygen atoms in total. The van der Waals surface area contributed by atoms with Gasteiger partial charge >= 0.3 is 0 Å². The lowest BCUT2D eigenvalue weighted by Gasteiger charge is -2.14. The van der Waals surface area contributed by atoms with Crippen molar-refractivity contribution in [2.45, 2.75) is 6.10 Å². The van der Waals surface area contributed by atoms with Crippen molar-refractivity contribution in [3.05, 3.63) is 28.7 Å². The largest absolute Gasteiger partial charge is 0.484 e. The smallest absolute Gasteiger partial charge is 0.257 e. The first-order chi connectivity index (χ1) is 9.15. The van der Waals surface area contributed by atoms with Gasteiger partial charge in [-0.3, -0.25) is 4.79 Å². The zero-order chi connectivity index (χ0) is 13.7. The molecule has 1 fully saturated rings. The van der Waals surface area contributed by atoms with Crippen molar-refractivity contribution >= 4 is 21.8 Å².